The second kappa shape index (κ2) is 7.08. The maximum absolute atomic E-state index is 9.18. The summed E-state index contributed by atoms with van der Waals surface area (Å²) in [4.78, 5) is 2.45. The van der Waals surface area contributed by atoms with Gasteiger partial charge in [-0.05, 0) is 19.8 Å². The maximum atomic E-state index is 9.18. The molecule has 0 amide bonds. The van der Waals surface area contributed by atoms with E-state index in [2.05, 4.69) is 23.2 Å². The third-order valence-electron chi connectivity index (χ3n) is 4.07. The summed E-state index contributed by atoms with van der Waals surface area (Å²) in [6.07, 6.45) is 4.71. The largest absolute Gasteiger partial charge is 0.379 e. The lowest BCUT2D eigenvalue weighted by atomic mass is 9.85. The molecule has 1 saturated heterocycles. The molecule has 3 atom stereocenters. The summed E-state index contributed by atoms with van der Waals surface area (Å²) in [5.74, 6) is 0.214. The summed E-state index contributed by atoms with van der Waals surface area (Å²) in [5, 5.41) is 12.8. The van der Waals surface area contributed by atoms with Crippen LogP contribution in [0.15, 0.2) is 0 Å². The fourth-order valence-electron chi connectivity index (χ4n) is 3.07. The minimum Gasteiger partial charge on any atom is -0.379 e. The van der Waals surface area contributed by atoms with E-state index in [1.807, 2.05) is 0 Å². The van der Waals surface area contributed by atoms with Crippen LogP contribution in [0, 0.1) is 17.2 Å². The summed E-state index contributed by atoms with van der Waals surface area (Å²) in [7, 11) is 0. The fourth-order valence-corrected chi connectivity index (χ4v) is 3.07. The molecule has 3 unspecified atom stereocenters. The van der Waals surface area contributed by atoms with Crippen LogP contribution >= 0.6 is 0 Å². The molecule has 1 aliphatic heterocycles. The molecule has 4 nitrogen and oxygen atoms in total. The van der Waals surface area contributed by atoms with Crippen LogP contribution in [-0.2, 0) is 4.74 Å². The van der Waals surface area contributed by atoms with E-state index < -0.39 is 0 Å². The SMILES string of the molecule is CC(CN1CCOCC1)NC1CCCCC1C#N. The number of nitriles is 1. The van der Waals surface area contributed by atoms with Gasteiger partial charge in [0.1, 0.15) is 0 Å². The predicted molar refractivity (Wildman–Crippen MR) is 71.2 cm³/mol. The van der Waals surface area contributed by atoms with Crippen molar-refractivity contribution in [2.24, 2.45) is 5.92 Å². The van der Waals surface area contributed by atoms with Crippen LogP contribution in [-0.4, -0.2) is 49.8 Å². The number of hydrogen-bond donors (Lipinski definition) is 1. The summed E-state index contributed by atoms with van der Waals surface area (Å²) in [5.41, 5.74) is 0. The van der Waals surface area contributed by atoms with Gasteiger partial charge in [-0.2, -0.15) is 5.26 Å². The topological polar surface area (TPSA) is 48.3 Å². The first kappa shape index (κ1) is 13.8. The van der Waals surface area contributed by atoms with Crippen molar-refractivity contribution in [1.29, 1.82) is 5.26 Å². The highest BCUT2D eigenvalue weighted by molar-refractivity contribution is 4.95. The van der Waals surface area contributed by atoms with Gasteiger partial charge in [-0.25, -0.2) is 0 Å². The second-order valence-electron chi connectivity index (χ2n) is 5.61. The zero-order chi connectivity index (χ0) is 12.8. The first-order valence-corrected chi connectivity index (χ1v) is 7.25. The highest BCUT2D eigenvalue weighted by Crippen LogP contribution is 2.24. The zero-order valence-corrected chi connectivity index (χ0v) is 11.4. The van der Waals surface area contributed by atoms with Crippen LogP contribution in [0.1, 0.15) is 32.6 Å². The van der Waals surface area contributed by atoms with Gasteiger partial charge in [0.25, 0.3) is 0 Å². The van der Waals surface area contributed by atoms with Crippen LogP contribution in [0.3, 0.4) is 0 Å². The molecule has 0 bridgehead atoms. The summed E-state index contributed by atoms with van der Waals surface area (Å²) in [6.45, 7) is 7.10. The van der Waals surface area contributed by atoms with E-state index >= 15 is 0 Å². The number of hydrogen-bond acceptors (Lipinski definition) is 4. The molecule has 0 aromatic heterocycles. The van der Waals surface area contributed by atoms with E-state index in [4.69, 9.17) is 4.74 Å². The van der Waals surface area contributed by atoms with E-state index in [1.54, 1.807) is 0 Å². The zero-order valence-electron chi connectivity index (χ0n) is 11.4. The summed E-state index contributed by atoms with van der Waals surface area (Å²) >= 11 is 0. The van der Waals surface area contributed by atoms with Gasteiger partial charge in [-0.3, -0.25) is 4.90 Å². The molecular formula is C14H25N3O. The third-order valence-corrected chi connectivity index (χ3v) is 4.07. The van der Waals surface area contributed by atoms with E-state index in [1.165, 1.54) is 12.8 Å². The Morgan fingerprint density at radius 2 is 2.06 bits per heavy atom. The van der Waals surface area contributed by atoms with Crippen molar-refractivity contribution in [2.75, 3.05) is 32.8 Å². The van der Waals surface area contributed by atoms with Crippen molar-refractivity contribution in [3.05, 3.63) is 0 Å². The number of nitrogens with zero attached hydrogens (tertiary/aromatic N) is 2. The Hall–Kier alpha value is -0.630. The van der Waals surface area contributed by atoms with Gasteiger partial charge < -0.3 is 10.1 Å². The van der Waals surface area contributed by atoms with E-state index in [0.29, 0.717) is 12.1 Å². The minimum atomic E-state index is 0.214. The quantitative estimate of drug-likeness (QED) is 0.820. The normalized spacial score (nSPS) is 31.8. The van der Waals surface area contributed by atoms with Crippen molar-refractivity contribution in [1.82, 2.24) is 10.2 Å². The van der Waals surface area contributed by atoms with Gasteiger partial charge in [0.2, 0.25) is 0 Å². The summed E-state index contributed by atoms with van der Waals surface area (Å²) in [6, 6.07) is 3.33. The Labute approximate surface area is 110 Å². The fraction of sp³-hybridized carbons (Fsp3) is 0.929. The number of rotatable bonds is 4. The van der Waals surface area contributed by atoms with E-state index in [9.17, 15) is 5.26 Å². The average Bonchev–Trinajstić information content (AvgIpc) is 2.40. The average molecular weight is 251 g/mol. The van der Waals surface area contributed by atoms with E-state index in [0.717, 1.165) is 45.7 Å². The smallest absolute Gasteiger partial charge is 0.0672 e. The second-order valence-corrected chi connectivity index (χ2v) is 5.61. The van der Waals surface area contributed by atoms with Crippen LogP contribution in [0.25, 0.3) is 0 Å². The molecule has 2 aliphatic rings. The van der Waals surface area contributed by atoms with Gasteiger partial charge in [-0.1, -0.05) is 12.8 Å². The van der Waals surface area contributed by atoms with Crippen molar-refractivity contribution in [3.63, 3.8) is 0 Å². The van der Waals surface area contributed by atoms with Gasteiger partial charge in [0.15, 0.2) is 0 Å². The molecule has 1 aliphatic carbocycles. The van der Waals surface area contributed by atoms with Gasteiger partial charge >= 0.3 is 0 Å². The van der Waals surface area contributed by atoms with Crippen molar-refractivity contribution < 1.29 is 4.74 Å². The molecule has 0 aromatic rings. The Bertz CT molecular complexity index is 283. The molecule has 0 radical (unpaired) electrons. The Balaban J connectivity index is 1.75. The monoisotopic (exact) mass is 251 g/mol. The molecule has 102 valence electrons. The molecule has 18 heavy (non-hydrogen) atoms. The predicted octanol–water partition coefficient (Wildman–Crippen LogP) is 1.38. The highest BCUT2D eigenvalue weighted by atomic mass is 16.5. The molecule has 4 heteroatoms. The number of ether oxygens (including phenoxy) is 1. The van der Waals surface area contributed by atoms with Gasteiger partial charge in [0, 0.05) is 31.7 Å². The molecule has 0 aromatic carbocycles. The molecular weight excluding hydrogens is 226 g/mol. The van der Waals surface area contributed by atoms with Crippen molar-refractivity contribution in [3.8, 4) is 6.07 Å². The lowest BCUT2D eigenvalue weighted by Crippen LogP contribution is -2.49. The Morgan fingerprint density at radius 3 is 2.78 bits per heavy atom. The lowest BCUT2D eigenvalue weighted by molar-refractivity contribution is 0.0333. The molecule has 1 saturated carbocycles. The van der Waals surface area contributed by atoms with Crippen molar-refractivity contribution >= 4 is 0 Å². The van der Waals surface area contributed by atoms with Gasteiger partial charge in [-0.15, -0.1) is 0 Å². The lowest BCUT2D eigenvalue weighted by Gasteiger charge is -2.34. The third kappa shape index (κ3) is 3.94. The molecule has 1 N–H and O–H groups in total. The standard InChI is InChI=1S/C14H25N3O/c1-12(11-17-6-8-18-9-7-17)16-14-5-3-2-4-13(14)10-15/h12-14,16H,2-9,11H2,1H3. The molecule has 2 fully saturated rings. The molecule has 0 spiro atoms. The highest BCUT2D eigenvalue weighted by Gasteiger charge is 2.26. The summed E-state index contributed by atoms with van der Waals surface area (Å²) < 4.78 is 5.36. The molecule has 1 heterocycles. The van der Waals surface area contributed by atoms with Crippen LogP contribution in [0.2, 0.25) is 0 Å². The van der Waals surface area contributed by atoms with Crippen LogP contribution in [0.5, 0.6) is 0 Å². The van der Waals surface area contributed by atoms with Gasteiger partial charge in [0.05, 0.1) is 25.2 Å². The van der Waals surface area contributed by atoms with Crippen LogP contribution < -0.4 is 5.32 Å². The Morgan fingerprint density at radius 1 is 1.33 bits per heavy atom. The minimum absolute atomic E-state index is 0.214. The van der Waals surface area contributed by atoms with Crippen LogP contribution in [0.4, 0.5) is 0 Å². The first-order valence-electron chi connectivity index (χ1n) is 7.25. The Kier molecular flexibility index (Phi) is 5.43. The van der Waals surface area contributed by atoms with E-state index in [-0.39, 0.29) is 5.92 Å². The number of morpholine rings is 1. The molecule has 2 rings (SSSR count). The first-order chi connectivity index (χ1) is 8.79. The maximum Gasteiger partial charge on any atom is 0.0672 e. The van der Waals surface area contributed by atoms with Crippen molar-refractivity contribution in [2.45, 2.75) is 44.7 Å². The number of nitrogens with one attached hydrogen (secondary N) is 1.